The number of carbonyl (C=O) groups is 1. The van der Waals surface area contributed by atoms with E-state index in [2.05, 4.69) is 5.32 Å². The lowest BCUT2D eigenvalue weighted by Gasteiger charge is -2.31. The van der Waals surface area contributed by atoms with Crippen LogP contribution in [-0.2, 0) is 14.8 Å². The molecule has 2 aromatic carbocycles. The van der Waals surface area contributed by atoms with Crippen LogP contribution in [0.3, 0.4) is 0 Å². The van der Waals surface area contributed by atoms with Crippen LogP contribution in [0.5, 0.6) is 5.75 Å². The molecule has 29 heavy (non-hydrogen) atoms. The largest absolute Gasteiger partial charge is 0.497 e. The predicted molar refractivity (Wildman–Crippen MR) is 114 cm³/mol. The molecule has 7 heteroatoms. The molecule has 0 radical (unpaired) electrons. The van der Waals surface area contributed by atoms with Crippen LogP contribution in [0.2, 0.25) is 0 Å². The van der Waals surface area contributed by atoms with Gasteiger partial charge in [-0.1, -0.05) is 18.2 Å². The first-order chi connectivity index (χ1) is 13.9. The standard InChI is InChI=1S/C22H28N2O4S/c1-17-5-3-4-6-21(17)29(26,27)24-15-13-18(14-16-24)7-12-22(25)23-19-8-10-20(28-2)11-9-19/h3-6,8-11,18H,7,12-16H2,1-2H3,(H,23,25). The quantitative estimate of drug-likeness (QED) is 0.744. The molecular formula is C22H28N2O4S. The summed E-state index contributed by atoms with van der Waals surface area (Å²) in [6.07, 6.45) is 2.75. The van der Waals surface area contributed by atoms with E-state index >= 15 is 0 Å². The minimum absolute atomic E-state index is 0.0230. The predicted octanol–water partition coefficient (Wildman–Crippen LogP) is 3.82. The Kier molecular flexibility index (Phi) is 6.92. The van der Waals surface area contributed by atoms with Crippen molar-refractivity contribution in [1.82, 2.24) is 4.31 Å². The molecule has 2 aromatic rings. The third-order valence-electron chi connectivity index (χ3n) is 5.44. The first-order valence-corrected chi connectivity index (χ1v) is 11.3. The molecule has 0 aliphatic carbocycles. The smallest absolute Gasteiger partial charge is 0.243 e. The minimum atomic E-state index is -3.45. The van der Waals surface area contributed by atoms with Crippen LogP contribution in [-0.4, -0.2) is 38.8 Å². The van der Waals surface area contributed by atoms with Gasteiger partial charge in [-0.25, -0.2) is 8.42 Å². The maximum atomic E-state index is 12.9. The Hall–Kier alpha value is -2.38. The zero-order chi connectivity index (χ0) is 20.9. The van der Waals surface area contributed by atoms with E-state index in [-0.39, 0.29) is 5.91 Å². The Labute approximate surface area is 172 Å². The van der Waals surface area contributed by atoms with Crippen molar-refractivity contribution in [3.63, 3.8) is 0 Å². The number of aryl methyl sites for hydroxylation is 1. The molecule has 156 valence electrons. The fourth-order valence-corrected chi connectivity index (χ4v) is 5.35. The van der Waals surface area contributed by atoms with Crippen LogP contribution >= 0.6 is 0 Å². The number of hydrogen-bond acceptors (Lipinski definition) is 4. The maximum absolute atomic E-state index is 12.9. The number of hydrogen-bond donors (Lipinski definition) is 1. The van der Waals surface area contributed by atoms with E-state index in [0.29, 0.717) is 30.3 Å². The molecule has 3 rings (SSSR count). The van der Waals surface area contributed by atoms with E-state index in [1.807, 2.05) is 31.2 Å². The minimum Gasteiger partial charge on any atom is -0.497 e. The van der Waals surface area contributed by atoms with E-state index in [0.717, 1.165) is 36.3 Å². The summed E-state index contributed by atoms with van der Waals surface area (Å²) in [6, 6.07) is 14.3. The fourth-order valence-electron chi connectivity index (χ4n) is 3.66. The average molecular weight is 417 g/mol. The highest BCUT2D eigenvalue weighted by molar-refractivity contribution is 7.89. The van der Waals surface area contributed by atoms with Gasteiger partial charge in [0.1, 0.15) is 5.75 Å². The van der Waals surface area contributed by atoms with Crippen LogP contribution < -0.4 is 10.1 Å². The molecule has 1 amide bonds. The van der Waals surface area contributed by atoms with Gasteiger partial charge in [-0.05, 0) is 68.0 Å². The Morgan fingerprint density at radius 2 is 1.76 bits per heavy atom. The van der Waals surface area contributed by atoms with Crippen LogP contribution in [0.15, 0.2) is 53.4 Å². The van der Waals surface area contributed by atoms with Gasteiger partial charge in [0.25, 0.3) is 0 Å². The van der Waals surface area contributed by atoms with Crippen molar-refractivity contribution in [2.45, 2.75) is 37.5 Å². The van der Waals surface area contributed by atoms with Gasteiger partial charge in [0.05, 0.1) is 12.0 Å². The van der Waals surface area contributed by atoms with Crippen molar-refractivity contribution >= 4 is 21.6 Å². The molecule has 1 fully saturated rings. The van der Waals surface area contributed by atoms with E-state index in [4.69, 9.17) is 4.74 Å². The molecule has 1 aliphatic rings. The lowest BCUT2D eigenvalue weighted by Crippen LogP contribution is -2.38. The van der Waals surface area contributed by atoms with Crippen LogP contribution in [0, 0.1) is 12.8 Å². The monoisotopic (exact) mass is 416 g/mol. The number of sulfonamides is 1. The van der Waals surface area contributed by atoms with Gasteiger partial charge < -0.3 is 10.1 Å². The van der Waals surface area contributed by atoms with Crippen LogP contribution in [0.1, 0.15) is 31.2 Å². The summed E-state index contributed by atoms with van der Waals surface area (Å²) in [5.41, 5.74) is 1.51. The van der Waals surface area contributed by atoms with Crippen LogP contribution in [0.4, 0.5) is 5.69 Å². The van der Waals surface area contributed by atoms with Gasteiger partial charge in [-0.3, -0.25) is 4.79 Å². The van der Waals surface area contributed by atoms with Crippen molar-refractivity contribution in [3.8, 4) is 5.75 Å². The zero-order valence-electron chi connectivity index (χ0n) is 16.9. The normalized spacial score (nSPS) is 15.8. The molecule has 6 nitrogen and oxygen atoms in total. The number of benzene rings is 2. The van der Waals surface area contributed by atoms with Gasteiger partial charge in [0.15, 0.2) is 0 Å². The molecular weight excluding hydrogens is 388 g/mol. The third kappa shape index (κ3) is 5.36. The molecule has 1 aliphatic heterocycles. The molecule has 0 bridgehead atoms. The summed E-state index contributed by atoms with van der Waals surface area (Å²) in [4.78, 5) is 12.6. The second-order valence-electron chi connectivity index (χ2n) is 7.43. The van der Waals surface area contributed by atoms with Gasteiger partial charge in [0, 0.05) is 25.2 Å². The number of piperidine rings is 1. The summed E-state index contributed by atoms with van der Waals surface area (Å²) in [5, 5.41) is 2.89. The van der Waals surface area contributed by atoms with Crippen molar-refractivity contribution < 1.29 is 17.9 Å². The molecule has 0 aromatic heterocycles. The average Bonchev–Trinajstić information content (AvgIpc) is 2.73. The molecule has 1 N–H and O–H groups in total. The molecule has 0 spiro atoms. The van der Waals surface area contributed by atoms with E-state index in [9.17, 15) is 13.2 Å². The number of nitrogens with one attached hydrogen (secondary N) is 1. The maximum Gasteiger partial charge on any atom is 0.243 e. The molecule has 0 atom stereocenters. The Morgan fingerprint density at radius 1 is 1.10 bits per heavy atom. The van der Waals surface area contributed by atoms with E-state index in [1.54, 1.807) is 35.7 Å². The lowest BCUT2D eigenvalue weighted by atomic mass is 9.93. The second kappa shape index (κ2) is 9.41. The van der Waals surface area contributed by atoms with Gasteiger partial charge in [-0.2, -0.15) is 4.31 Å². The molecule has 0 saturated carbocycles. The van der Waals surface area contributed by atoms with E-state index in [1.165, 1.54) is 0 Å². The van der Waals surface area contributed by atoms with Crippen molar-refractivity contribution in [3.05, 3.63) is 54.1 Å². The molecule has 0 unspecified atom stereocenters. The van der Waals surface area contributed by atoms with Crippen LogP contribution in [0.25, 0.3) is 0 Å². The summed E-state index contributed by atoms with van der Waals surface area (Å²) >= 11 is 0. The van der Waals surface area contributed by atoms with Gasteiger partial charge >= 0.3 is 0 Å². The Balaban J connectivity index is 1.47. The SMILES string of the molecule is COc1ccc(NC(=O)CCC2CCN(S(=O)(=O)c3ccccc3C)CC2)cc1. The number of amides is 1. The molecule has 1 heterocycles. The van der Waals surface area contributed by atoms with Gasteiger partial charge in [-0.15, -0.1) is 0 Å². The van der Waals surface area contributed by atoms with Crippen molar-refractivity contribution in [2.75, 3.05) is 25.5 Å². The lowest BCUT2D eigenvalue weighted by molar-refractivity contribution is -0.116. The van der Waals surface area contributed by atoms with E-state index < -0.39 is 10.0 Å². The number of ether oxygens (including phenoxy) is 1. The summed E-state index contributed by atoms with van der Waals surface area (Å²) in [5.74, 6) is 1.08. The second-order valence-corrected chi connectivity index (χ2v) is 9.33. The zero-order valence-corrected chi connectivity index (χ0v) is 17.7. The summed E-state index contributed by atoms with van der Waals surface area (Å²) < 4.78 is 32.4. The number of carbonyl (C=O) groups excluding carboxylic acids is 1. The number of nitrogens with zero attached hydrogens (tertiary/aromatic N) is 1. The Morgan fingerprint density at radius 3 is 2.38 bits per heavy atom. The highest BCUT2D eigenvalue weighted by Crippen LogP contribution is 2.28. The van der Waals surface area contributed by atoms with Crippen molar-refractivity contribution in [1.29, 1.82) is 0 Å². The topological polar surface area (TPSA) is 75.7 Å². The fraction of sp³-hybridized carbons (Fsp3) is 0.409. The number of methoxy groups -OCH3 is 1. The highest BCUT2D eigenvalue weighted by atomic mass is 32.2. The summed E-state index contributed by atoms with van der Waals surface area (Å²) in [6.45, 7) is 2.82. The molecule has 1 saturated heterocycles. The highest BCUT2D eigenvalue weighted by Gasteiger charge is 2.30. The van der Waals surface area contributed by atoms with Crippen molar-refractivity contribution in [2.24, 2.45) is 5.92 Å². The van der Waals surface area contributed by atoms with Gasteiger partial charge in [0.2, 0.25) is 15.9 Å². The number of anilines is 1. The first kappa shape index (κ1) is 21.3. The summed E-state index contributed by atoms with van der Waals surface area (Å²) in [7, 11) is -1.85. The Bertz CT molecular complexity index is 934. The first-order valence-electron chi connectivity index (χ1n) is 9.90. The number of rotatable bonds is 7. The third-order valence-corrected chi connectivity index (χ3v) is 7.50.